The van der Waals surface area contributed by atoms with E-state index in [1.807, 2.05) is 30.3 Å². The summed E-state index contributed by atoms with van der Waals surface area (Å²) in [5.74, 6) is -2.84. The average Bonchev–Trinajstić information content (AvgIpc) is 3.74. The van der Waals surface area contributed by atoms with Gasteiger partial charge in [-0.25, -0.2) is 9.59 Å². The van der Waals surface area contributed by atoms with E-state index in [1.165, 1.54) is 47.5 Å². The van der Waals surface area contributed by atoms with Crippen molar-refractivity contribution >= 4 is 59.1 Å². The van der Waals surface area contributed by atoms with E-state index < -0.39 is 74.1 Å². The Morgan fingerprint density at radius 3 is 1.61 bits per heavy atom. The number of aromatic nitrogens is 1. The minimum Gasteiger partial charge on any atom is -0.496 e. The van der Waals surface area contributed by atoms with Crippen molar-refractivity contribution in [1.82, 2.24) is 25.6 Å². The van der Waals surface area contributed by atoms with Gasteiger partial charge in [0.1, 0.15) is 69.0 Å². The lowest BCUT2D eigenvalue weighted by molar-refractivity contribution is -0.159. The topological polar surface area (TPSA) is 218 Å². The number of hydrogen-bond donors (Lipinski definition) is 4. The van der Waals surface area contributed by atoms with Crippen molar-refractivity contribution in [2.24, 2.45) is 0 Å². The fourth-order valence-corrected chi connectivity index (χ4v) is 10.5. The van der Waals surface area contributed by atoms with Gasteiger partial charge in [-0.15, -0.1) is 23.5 Å². The highest BCUT2D eigenvalue weighted by Crippen LogP contribution is 2.52. The minimum atomic E-state index is -1.05. The maximum absolute atomic E-state index is 12.9. The number of benzene rings is 2. The molecule has 0 radical (unpaired) electrons. The second kappa shape index (κ2) is 14.2. The van der Waals surface area contributed by atoms with Crippen LogP contribution in [-0.2, 0) is 19.2 Å². The number of thioether (sulfide) groups is 2. The highest BCUT2D eigenvalue weighted by atomic mass is 32.2. The zero-order valence-corrected chi connectivity index (χ0v) is 31.9. The van der Waals surface area contributed by atoms with Crippen LogP contribution in [-0.4, -0.2) is 119 Å². The second-order valence-electron chi connectivity index (χ2n) is 14.0. The summed E-state index contributed by atoms with van der Waals surface area (Å²) >= 11 is 2.75. The Bertz CT molecular complexity index is 2010. The number of ether oxygens (including phenoxy) is 2. The molecule has 4 aliphatic rings. The van der Waals surface area contributed by atoms with Gasteiger partial charge in [-0.2, -0.15) is 0 Å². The van der Waals surface area contributed by atoms with Crippen LogP contribution in [0.15, 0.2) is 53.1 Å². The number of aliphatic carboxylic acids is 2. The number of fused-ring (bicyclic) bond motifs is 2. The van der Waals surface area contributed by atoms with Gasteiger partial charge in [-0.1, -0.05) is 41.6 Å². The number of nitrogens with zero attached hydrogens (tertiary/aromatic N) is 3. The molecular formula is C36H39N5O11S2. The molecule has 286 valence electrons. The second-order valence-corrected chi connectivity index (χ2v) is 17.5. The summed E-state index contributed by atoms with van der Waals surface area (Å²) in [7, 11) is 2.88. The van der Waals surface area contributed by atoms with E-state index in [1.54, 1.807) is 52.8 Å². The zero-order chi connectivity index (χ0) is 39.4. The number of carboxylic acids is 2. The lowest BCUT2D eigenvalue weighted by Gasteiger charge is -2.43. The Morgan fingerprint density at radius 2 is 1.19 bits per heavy atom. The molecule has 4 aliphatic heterocycles. The highest BCUT2D eigenvalue weighted by Gasteiger charge is 2.65. The van der Waals surface area contributed by atoms with Gasteiger partial charge in [0.25, 0.3) is 11.8 Å². The van der Waals surface area contributed by atoms with Gasteiger partial charge in [-0.05, 0) is 46.8 Å². The summed E-state index contributed by atoms with van der Waals surface area (Å²) in [5.41, 5.74) is 1.60. The Hall–Kier alpha value is -5.23. The Morgan fingerprint density at radius 1 is 0.741 bits per heavy atom. The molecule has 0 unspecified atom stereocenters. The third-order valence-corrected chi connectivity index (χ3v) is 12.9. The molecule has 4 saturated heterocycles. The number of aryl methyl sites for hydroxylation is 1. The Labute approximate surface area is 318 Å². The first-order valence-electron chi connectivity index (χ1n) is 16.7. The normalized spacial score (nSPS) is 25.5. The number of β-lactam (4-membered cyclic amide) rings is 2. The van der Waals surface area contributed by atoms with Gasteiger partial charge in [0.15, 0.2) is 0 Å². The van der Waals surface area contributed by atoms with Gasteiger partial charge in [-0.3, -0.25) is 19.2 Å². The summed E-state index contributed by atoms with van der Waals surface area (Å²) in [5, 5.41) is 27.5. The molecule has 4 amide bonds. The molecule has 3 aromatic rings. The third-order valence-electron chi connectivity index (χ3n) is 9.71. The Kier molecular flexibility index (Phi) is 10.1. The van der Waals surface area contributed by atoms with Crippen LogP contribution in [0.3, 0.4) is 0 Å². The molecule has 5 heterocycles. The van der Waals surface area contributed by atoms with Gasteiger partial charge in [0.05, 0.1) is 14.2 Å². The van der Waals surface area contributed by atoms with Crippen LogP contribution in [0, 0.1) is 6.92 Å². The number of amides is 4. The van der Waals surface area contributed by atoms with Crippen LogP contribution < -0.4 is 20.1 Å². The van der Waals surface area contributed by atoms with Gasteiger partial charge in [0, 0.05) is 15.1 Å². The van der Waals surface area contributed by atoms with Gasteiger partial charge in [0.2, 0.25) is 11.8 Å². The molecule has 0 aliphatic carbocycles. The molecule has 2 aromatic carbocycles. The van der Waals surface area contributed by atoms with E-state index in [9.17, 15) is 39.0 Å². The van der Waals surface area contributed by atoms with Crippen molar-refractivity contribution in [2.45, 2.75) is 79.0 Å². The van der Waals surface area contributed by atoms with Crippen molar-refractivity contribution in [1.29, 1.82) is 0 Å². The zero-order valence-electron chi connectivity index (χ0n) is 30.3. The first-order valence-corrected chi connectivity index (χ1v) is 18.5. The predicted molar refractivity (Wildman–Crippen MR) is 196 cm³/mol. The molecule has 0 spiro atoms. The predicted octanol–water partition coefficient (Wildman–Crippen LogP) is 2.84. The fourth-order valence-electron chi connectivity index (χ4n) is 7.23. The molecule has 1 aromatic heterocycles. The number of rotatable bonds is 9. The molecule has 4 fully saturated rings. The first kappa shape index (κ1) is 38.5. The molecular weight excluding hydrogens is 743 g/mol. The third kappa shape index (κ3) is 6.40. The highest BCUT2D eigenvalue weighted by molar-refractivity contribution is 8.02. The average molecular weight is 782 g/mol. The van der Waals surface area contributed by atoms with E-state index in [0.717, 1.165) is 5.56 Å². The number of hydrogen-bond acceptors (Lipinski definition) is 12. The summed E-state index contributed by atoms with van der Waals surface area (Å²) < 4.78 is 14.4. The number of nitrogens with one attached hydrogen (secondary N) is 2. The fraction of sp³-hybridized carbons (Fsp3) is 0.417. The molecule has 16 nitrogen and oxygen atoms in total. The smallest absolute Gasteiger partial charge is 0.327 e. The van der Waals surface area contributed by atoms with E-state index in [0.29, 0.717) is 23.0 Å². The van der Waals surface area contributed by atoms with Crippen molar-refractivity contribution in [2.75, 3.05) is 14.2 Å². The molecule has 54 heavy (non-hydrogen) atoms. The minimum absolute atomic E-state index is 0.195. The lowest BCUT2D eigenvalue weighted by Crippen LogP contribution is -2.70. The number of carboxylic acid groups (broad SMARTS) is 2. The van der Waals surface area contributed by atoms with E-state index in [-0.39, 0.29) is 17.0 Å². The SMILES string of the molecule is COc1cccc(OC)c1C(=O)N[C@@H]1C(=O)N2[C@@H]1SC(C)(C)[C@@H]2C(=O)O.Cc1onc(-c2ccccc2)c1C(=O)N[C@@H]1C(=O)N2[C@@H]1SC(C)(C)[C@@H]2C(=O)O. The van der Waals surface area contributed by atoms with E-state index in [4.69, 9.17) is 14.0 Å². The first-order chi connectivity index (χ1) is 25.4. The summed E-state index contributed by atoms with van der Waals surface area (Å²) in [6.07, 6.45) is 0. The van der Waals surface area contributed by atoms with Crippen LogP contribution >= 0.6 is 23.5 Å². The maximum Gasteiger partial charge on any atom is 0.327 e. The molecule has 4 N–H and O–H groups in total. The monoisotopic (exact) mass is 781 g/mol. The Balaban J connectivity index is 0.000000185. The van der Waals surface area contributed by atoms with Crippen LogP contribution in [0.25, 0.3) is 11.3 Å². The quantitative estimate of drug-likeness (QED) is 0.230. The van der Waals surface area contributed by atoms with E-state index >= 15 is 0 Å². The maximum atomic E-state index is 12.9. The summed E-state index contributed by atoms with van der Waals surface area (Å²) in [6.45, 7) is 8.78. The van der Waals surface area contributed by atoms with Gasteiger partial charge < -0.3 is 44.6 Å². The van der Waals surface area contributed by atoms with Gasteiger partial charge >= 0.3 is 11.9 Å². The molecule has 0 bridgehead atoms. The van der Waals surface area contributed by atoms with Crippen LogP contribution in [0.4, 0.5) is 0 Å². The largest absolute Gasteiger partial charge is 0.496 e. The van der Waals surface area contributed by atoms with Crippen molar-refractivity contribution in [3.63, 3.8) is 0 Å². The van der Waals surface area contributed by atoms with Crippen LogP contribution in [0.5, 0.6) is 11.5 Å². The van der Waals surface area contributed by atoms with E-state index in [2.05, 4.69) is 15.8 Å². The van der Waals surface area contributed by atoms with Crippen molar-refractivity contribution < 1.29 is 53.0 Å². The number of carbonyl (C=O) groups excluding carboxylic acids is 4. The molecule has 7 rings (SSSR count). The van der Waals surface area contributed by atoms with Crippen molar-refractivity contribution in [3.05, 3.63) is 65.4 Å². The molecule has 18 heteroatoms. The summed E-state index contributed by atoms with van der Waals surface area (Å²) in [6, 6.07) is 10.7. The number of carbonyl (C=O) groups is 6. The van der Waals surface area contributed by atoms with Crippen LogP contribution in [0.1, 0.15) is 54.2 Å². The standard InChI is InChI=1S/C19H19N3O5S.C17H20N2O6S/c1-9-11(12(21-27-9)10-7-5-4-6-8-10)15(23)20-13-16(24)22-14(18(25)26)19(2,3)28-17(13)22;1-17(2)12(16(22)23)19-14(21)11(15(19)26-17)18-13(20)10-8(24-3)6-5-7-9(10)25-4/h4-8,13-14,17H,1-3H3,(H,20,23)(H,25,26);5-7,11-12,15H,1-4H3,(H,18,20)(H,22,23)/t13-,14+,17-;11-,12+,15-/m11/s1. The lowest BCUT2D eigenvalue weighted by atomic mass is 9.95. The number of methoxy groups -OCH3 is 2. The summed E-state index contributed by atoms with van der Waals surface area (Å²) in [4.78, 5) is 76.6. The van der Waals surface area contributed by atoms with Crippen LogP contribution in [0.2, 0.25) is 0 Å². The molecule has 0 saturated carbocycles. The molecule has 6 atom stereocenters. The van der Waals surface area contributed by atoms with Crippen molar-refractivity contribution in [3.8, 4) is 22.8 Å².